The van der Waals surface area contributed by atoms with Crippen LogP contribution < -0.4 is 15.5 Å². The van der Waals surface area contributed by atoms with Gasteiger partial charge in [0.1, 0.15) is 5.82 Å². The summed E-state index contributed by atoms with van der Waals surface area (Å²) in [6.45, 7) is 11.4. The van der Waals surface area contributed by atoms with Crippen molar-refractivity contribution in [1.29, 1.82) is 0 Å². The molecule has 1 amide bonds. The molecule has 0 aromatic heterocycles. The van der Waals surface area contributed by atoms with E-state index >= 15 is 0 Å². The van der Waals surface area contributed by atoms with E-state index < -0.39 is 0 Å². The molecule has 1 fully saturated rings. The van der Waals surface area contributed by atoms with Gasteiger partial charge in [0.25, 0.3) is 0 Å². The van der Waals surface area contributed by atoms with E-state index in [0.29, 0.717) is 24.7 Å². The molecule has 1 aliphatic rings. The molecule has 1 aliphatic heterocycles. The summed E-state index contributed by atoms with van der Waals surface area (Å²) in [5.74, 6) is 0.670. The van der Waals surface area contributed by atoms with Gasteiger partial charge in [-0.2, -0.15) is 0 Å². The highest BCUT2D eigenvalue weighted by Gasteiger charge is 2.27. The second-order valence-corrected chi connectivity index (χ2v) is 7.45. The molecule has 1 aromatic rings. The number of halogens is 2. The quantitative estimate of drug-likeness (QED) is 0.330. The maximum atomic E-state index is 14.4. The number of amides is 1. The standard InChI is InChI=1S/C21H34FN5O.HI/c1-6-26(7-2)19-9-8-16(12-18(19)22)13-24-21(23-5)25-17-10-11-27(14-17)20(28)15(3)4;/h8-9,12,15,17H,6-7,10-11,13-14H2,1-5H3,(H2,23,24,25);1H. The van der Waals surface area contributed by atoms with Gasteiger partial charge in [0, 0.05) is 51.7 Å². The number of benzene rings is 1. The molecule has 29 heavy (non-hydrogen) atoms. The van der Waals surface area contributed by atoms with Crippen molar-refractivity contribution in [3.8, 4) is 0 Å². The van der Waals surface area contributed by atoms with Crippen molar-refractivity contribution < 1.29 is 9.18 Å². The molecule has 0 bridgehead atoms. The van der Waals surface area contributed by atoms with Gasteiger partial charge in [0.15, 0.2) is 5.96 Å². The summed E-state index contributed by atoms with van der Waals surface area (Å²) in [4.78, 5) is 20.3. The molecule has 1 unspecified atom stereocenters. The van der Waals surface area contributed by atoms with E-state index in [-0.39, 0.29) is 47.7 Å². The van der Waals surface area contributed by atoms with E-state index in [9.17, 15) is 9.18 Å². The Morgan fingerprint density at radius 2 is 2.03 bits per heavy atom. The Hall–Kier alpha value is -1.58. The Balaban J connectivity index is 0.00000420. The number of aliphatic imine (C=N–C) groups is 1. The van der Waals surface area contributed by atoms with Crippen LogP contribution in [-0.2, 0) is 11.3 Å². The van der Waals surface area contributed by atoms with Gasteiger partial charge in [0.2, 0.25) is 5.91 Å². The number of nitrogens with one attached hydrogen (secondary N) is 2. The minimum atomic E-state index is -0.204. The molecular formula is C21H35FIN5O. The fraction of sp³-hybridized carbons (Fsp3) is 0.619. The van der Waals surface area contributed by atoms with Crippen LogP contribution in [0.5, 0.6) is 0 Å². The first kappa shape index (κ1) is 25.5. The van der Waals surface area contributed by atoms with Crippen LogP contribution in [0.1, 0.15) is 39.7 Å². The summed E-state index contributed by atoms with van der Waals surface area (Å²) in [6, 6.07) is 5.53. The van der Waals surface area contributed by atoms with Crippen molar-refractivity contribution in [2.24, 2.45) is 10.9 Å². The minimum absolute atomic E-state index is 0. The molecule has 6 nitrogen and oxygen atoms in total. The minimum Gasteiger partial charge on any atom is -0.370 e. The van der Waals surface area contributed by atoms with Crippen LogP contribution in [0.15, 0.2) is 23.2 Å². The van der Waals surface area contributed by atoms with Crippen molar-refractivity contribution in [3.05, 3.63) is 29.6 Å². The van der Waals surface area contributed by atoms with Crippen molar-refractivity contribution in [1.82, 2.24) is 15.5 Å². The van der Waals surface area contributed by atoms with E-state index in [4.69, 9.17) is 0 Å². The Bertz CT molecular complexity index is 694. The summed E-state index contributed by atoms with van der Waals surface area (Å²) < 4.78 is 14.4. The Labute approximate surface area is 191 Å². The van der Waals surface area contributed by atoms with Gasteiger partial charge < -0.3 is 20.4 Å². The lowest BCUT2D eigenvalue weighted by Crippen LogP contribution is -2.45. The first-order valence-electron chi connectivity index (χ1n) is 10.2. The third kappa shape index (κ3) is 7.01. The zero-order valence-corrected chi connectivity index (χ0v) is 20.5. The van der Waals surface area contributed by atoms with Crippen molar-refractivity contribution in [2.45, 2.75) is 46.7 Å². The number of nitrogens with zero attached hydrogens (tertiary/aromatic N) is 3. The van der Waals surface area contributed by atoms with Crippen LogP contribution in [0.2, 0.25) is 0 Å². The number of rotatable bonds is 7. The van der Waals surface area contributed by atoms with Crippen LogP contribution in [0.4, 0.5) is 10.1 Å². The van der Waals surface area contributed by atoms with E-state index in [1.807, 2.05) is 49.6 Å². The fourth-order valence-electron chi connectivity index (χ4n) is 3.50. The molecular weight excluding hydrogens is 484 g/mol. The molecule has 0 saturated carbocycles. The average molecular weight is 519 g/mol. The Morgan fingerprint density at radius 3 is 2.59 bits per heavy atom. The second-order valence-electron chi connectivity index (χ2n) is 7.45. The molecule has 1 aromatic carbocycles. The maximum absolute atomic E-state index is 14.4. The van der Waals surface area contributed by atoms with E-state index in [2.05, 4.69) is 15.6 Å². The van der Waals surface area contributed by atoms with Crippen LogP contribution in [-0.4, -0.2) is 56.0 Å². The lowest BCUT2D eigenvalue weighted by molar-refractivity contribution is -0.133. The van der Waals surface area contributed by atoms with Gasteiger partial charge in [-0.15, -0.1) is 24.0 Å². The number of likely N-dealkylation sites (tertiary alicyclic amines) is 1. The molecule has 2 rings (SSSR count). The van der Waals surface area contributed by atoms with Crippen LogP contribution in [0.3, 0.4) is 0 Å². The molecule has 2 N–H and O–H groups in total. The van der Waals surface area contributed by atoms with Gasteiger partial charge in [0.05, 0.1) is 5.69 Å². The highest BCUT2D eigenvalue weighted by Crippen LogP contribution is 2.20. The van der Waals surface area contributed by atoms with E-state index in [0.717, 1.165) is 31.6 Å². The number of carbonyl (C=O) groups is 1. The lowest BCUT2D eigenvalue weighted by Gasteiger charge is -2.22. The zero-order chi connectivity index (χ0) is 20.7. The molecule has 1 atom stereocenters. The van der Waals surface area contributed by atoms with Crippen LogP contribution >= 0.6 is 24.0 Å². The summed E-state index contributed by atoms with van der Waals surface area (Å²) in [5, 5.41) is 6.60. The fourth-order valence-corrected chi connectivity index (χ4v) is 3.50. The monoisotopic (exact) mass is 519 g/mol. The Kier molecular flexibility index (Phi) is 10.7. The predicted octanol–water partition coefficient (Wildman–Crippen LogP) is 3.21. The molecule has 0 radical (unpaired) electrons. The second kappa shape index (κ2) is 12.2. The summed E-state index contributed by atoms with van der Waals surface area (Å²) in [6.07, 6.45) is 0.895. The highest BCUT2D eigenvalue weighted by atomic mass is 127. The van der Waals surface area contributed by atoms with E-state index in [1.165, 1.54) is 0 Å². The number of hydrogen-bond donors (Lipinski definition) is 2. The largest absolute Gasteiger partial charge is 0.370 e. The topological polar surface area (TPSA) is 60.0 Å². The summed E-state index contributed by atoms with van der Waals surface area (Å²) >= 11 is 0. The normalized spacial score (nSPS) is 16.6. The smallest absolute Gasteiger partial charge is 0.225 e. The molecule has 1 heterocycles. The summed E-state index contributed by atoms with van der Waals surface area (Å²) in [7, 11) is 1.71. The van der Waals surface area contributed by atoms with Gasteiger partial charge in [-0.1, -0.05) is 19.9 Å². The summed E-state index contributed by atoms with van der Waals surface area (Å²) in [5.41, 5.74) is 1.50. The molecule has 0 spiro atoms. The first-order valence-corrected chi connectivity index (χ1v) is 10.2. The van der Waals surface area contributed by atoms with E-state index in [1.54, 1.807) is 13.1 Å². The number of anilines is 1. The predicted molar refractivity (Wildman–Crippen MR) is 129 cm³/mol. The third-order valence-corrected chi connectivity index (χ3v) is 5.13. The first-order chi connectivity index (χ1) is 13.4. The Morgan fingerprint density at radius 1 is 1.34 bits per heavy atom. The zero-order valence-electron chi connectivity index (χ0n) is 18.2. The number of guanidine groups is 1. The highest BCUT2D eigenvalue weighted by molar-refractivity contribution is 14.0. The SMILES string of the molecule is CCN(CC)c1ccc(CNC(=NC)NC2CCN(C(=O)C(C)C)C2)cc1F.I. The van der Waals surface area contributed by atoms with Gasteiger partial charge >= 0.3 is 0 Å². The van der Waals surface area contributed by atoms with Crippen molar-refractivity contribution >= 4 is 41.5 Å². The lowest BCUT2D eigenvalue weighted by atomic mass is 10.1. The molecule has 8 heteroatoms. The molecule has 0 aliphatic carbocycles. The van der Waals surface area contributed by atoms with Crippen LogP contribution in [0.25, 0.3) is 0 Å². The number of carbonyl (C=O) groups excluding carboxylic acids is 1. The maximum Gasteiger partial charge on any atom is 0.225 e. The van der Waals surface area contributed by atoms with Crippen molar-refractivity contribution in [2.75, 3.05) is 38.1 Å². The molecule has 164 valence electrons. The van der Waals surface area contributed by atoms with Gasteiger partial charge in [-0.05, 0) is 38.0 Å². The van der Waals surface area contributed by atoms with Crippen LogP contribution in [0, 0.1) is 11.7 Å². The third-order valence-electron chi connectivity index (χ3n) is 5.13. The molecule has 1 saturated heterocycles. The average Bonchev–Trinajstić information content (AvgIpc) is 3.15. The van der Waals surface area contributed by atoms with Crippen molar-refractivity contribution in [3.63, 3.8) is 0 Å². The van der Waals surface area contributed by atoms with Gasteiger partial charge in [-0.3, -0.25) is 9.79 Å². The van der Waals surface area contributed by atoms with Gasteiger partial charge in [-0.25, -0.2) is 4.39 Å². The number of hydrogen-bond acceptors (Lipinski definition) is 3.